The molecule has 31 heavy (non-hydrogen) atoms. The Bertz CT molecular complexity index is 1200. The van der Waals surface area contributed by atoms with E-state index in [0.29, 0.717) is 35.9 Å². The Morgan fingerprint density at radius 3 is 3.06 bits per heavy atom. The summed E-state index contributed by atoms with van der Waals surface area (Å²) in [5.74, 6) is 4.66. The van der Waals surface area contributed by atoms with Crippen molar-refractivity contribution in [3.05, 3.63) is 54.6 Å². The Kier molecular flexibility index (Phi) is 5.75. The number of hydrogen-bond acceptors (Lipinski definition) is 6. The van der Waals surface area contributed by atoms with Crippen molar-refractivity contribution >= 4 is 22.9 Å². The number of anilines is 1. The average Bonchev–Trinajstić information content (AvgIpc) is 3.40. The van der Waals surface area contributed by atoms with Crippen molar-refractivity contribution in [1.29, 1.82) is 0 Å². The number of H-pyrrole nitrogens is 1. The number of fused-ring (bicyclic) bond motifs is 1. The van der Waals surface area contributed by atoms with Gasteiger partial charge >= 0.3 is 0 Å². The van der Waals surface area contributed by atoms with E-state index in [1.54, 1.807) is 4.90 Å². The summed E-state index contributed by atoms with van der Waals surface area (Å²) >= 11 is 0. The van der Waals surface area contributed by atoms with Crippen LogP contribution in [0.3, 0.4) is 0 Å². The van der Waals surface area contributed by atoms with Crippen LogP contribution in [0.2, 0.25) is 0 Å². The Hall–Kier alpha value is -4.00. The Labute approximate surface area is 176 Å². The highest BCUT2D eigenvalue weighted by atomic mass is 19.2. The molecule has 0 bridgehead atoms. The van der Waals surface area contributed by atoms with Gasteiger partial charge in [0.1, 0.15) is 24.2 Å². The van der Waals surface area contributed by atoms with Crippen LogP contribution in [-0.4, -0.2) is 56.5 Å². The standard InChI is InChI=1S/C21H18F2N6O2/c1-2-18(30)29-8-7-13(11-29)26-20-19-21(25-12-24-20)28-17(27-19)4-3-9-31-14-5-6-15(22)16(23)10-14/h2,5-6,10,12-13H,1,7-9,11H2,(H2,24,25,26,27,28). The van der Waals surface area contributed by atoms with E-state index in [1.165, 1.54) is 18.5 Å². The molecule has 1 aliphatic rings. The van der Waals surface area contributed by atoms with Gasteiger partial charge in [-0.1, -0.05) is 12.5 Å². The van der Waals surface area contributed by atoms with E-state index in [4.69, 9.17) is 4.74 Å². The number of amides is 1. The van der Waals surface area contributed by atoms with Crippen LogP contribution in [0.5, 0.6) is 5.75 Å². The fourth-order valence-corrected chi connectivity index (χ4v) is 3.20. The maximum atomic E-state index is 13.2. The fourth-order valence-electron chi connectivity index (χ4n) is 3.20. The Balaban J connectivity index is 1.42. The van der Waals surface area contributed by atoms with Crippen molar-refractivity contribution in [2.24, 2.45) is 0 Å². The molecule has 1 fully saturated rings. The highest BCUT2D eigenvalue weighted by Crippen LogP contribution is 2.20. The average molecular weight is 424 g/mol. The van der Waals surface area contributed by atoms with Gasteiger partial charge in [-0.2, -0.15) is 0 Å². The summed E-state index contributed by atoms with van der Waals surface area (Å²) in [5, 5.41) is 3.32. The lowest BCUT2D eigenvalue weighted by Crippen LogP contribution is -2.30. The summed E-state index contributed by atoms with van der Waals surface area (Å²) in [6, 6.07) is 3.31. The summed E-state index contributed by atoms with van der Waals surface area (Å²) < 4.78 is 31.4. The van der Waals surface area contributed by atoms with Crippen LogP contribution in [0.1, 0.15) is 12.2 Å². The van der Waals surface area contributed by atoms with Crippen molar-refractivity contribution in [2.75, 3.05) is 25.0 Å². The molecule has 0 saturated carbocycles. The molecule has 1 atom stereocenters. The number of imidazole rings is 1. The molecule has 0 spiro atoms. The van der Waals surface area contributed by atoms with Gasteiger partial charge < -0.3 is 19.9 Å². The third-order valence-electron chi connectivity index (χ3n) is 4.71. The Morgan fingerprint density at radius 2 is 2.26 bits per heavy atom. The molecule has 1 aromatic carbocycles. The van der Waals surface area contributed by atoms with Gasteiger partial charge in [-0.25, -0.2) is 23.7 Å². The van der Waals surface area contributed by atoms with Crippen LogP contribution in [0.25, 0.3) is 11.2 Å². The monoisotopic (exact) mass is 424 g/mol. The predicted octanol–water partition coefficient (Wildman–Crippen LogP) is 2.26. The first-order valence-electron chi connectivity index (χ1n) is 9.49. The number of carbonyl (C=O) groups excluding carboxylic acids is 1. The van der Waals surface area contributed by atoms with Crippen LogP contribution in [0.4, 0.5) is 14.6 Å². The molecule has 158 valence electrons. The number of rotatable bonds is 5. The lowest BCUT2D eigenvalue weighted by Gasteiger charge is -2.15. The number of likely N-dealkylation sites (tertiary alicyclic amines) is 1. The maximum absolute atomic E-state index is 13.2. The quantitative estimate of drug-likeness (QED) is 0.482. The van der Waals surface area contributed by atoms with Gasteiger partial charge in [-0.3, -0.25) is 4.79 Å². The zero-order valence-electron chi connectivity index (χ0n) is 16.4. The van der Waals surface area contributed by atoms with E-state index in [0.717, 1.165) is 18.6 Å². The van der Waals surface area contributed by atoms with Gasteiger partial charge in [-0.15, -0.1) is 0 Å². The van der Waals surface area contributed by atoms with Crippen molar-refractivity contribution in [1.82, 2.24) is 24.8 Å². The van der Waals surface area contributed by atoms with Gasteiger partial charge in [0.2, 0.25) is 5.91 Å². The number of nitrogens with zero attached hydrogens (tertiary/aromatic N) is 4. The summed E-state index contributed by atoms with van der Waals surface area (Å²) in [7, 11) is 0. The third kappa shape index (κ3) is 4.61. The van der Waals surface area contributed by atoms with E-state index >= 15 is 0 Å². The summed E-state index contributed by atoms with van der Waals surface area (Å²) in [5.41, 5.74) is 1.04. The number of ether oxygens (including phenoxy) is 1. The summed E-state index contributed by atoms with van der Waals surface area (Å²) in [4.78, 5) is 29.3. The minimum Gasteiger partial charge on any atom is -0.481 e. The number of aromatic nitrogens is 4. The van der Waals surface area contributed by atoms with E-state index in [9.17, 15) is 13.6 Å². The van der Waals surface area contributed by atoms with Crippen molar-refractivity contribution < 1.29 is 18.3 Å². The first-order valence-corrected chi connectivity index (χ1v) is 9.49. The van der Waals surface area contributed by atoms with E-state index in [2.05, 4.69) is 43.7 Å². The van der Waals surface area contributed by atoms with Crippen LogP contribution >= 0.6 is 0 Å². The number of carbonyl (C=O) groups is 1. The van der Waals surface area contributed by atoms with Gasteiger partial charge in [0, 0.05) is 25.2 Å². The lowest BCUT2D eigenvalue weighted by molar-refractivity contribution is -0.125. The summed E-state index contributed by atoms with van der Waals surface area (Å²) in [6.45, 7) is 4.68. The lowest BCUT2D eigenvalue weighted by atomic mass is 10.2. The van der Waals surface area contributed by atoms with Crippen LogP contribution < -0.4 is 10.1 Å². The molecular weight excluding hydrogens is 406 g/mol. The number of benzene rings is 1. The molecule has 1 saturated heterocycles. The van der Waals surface area contributed by atoms with Gasteiger partial charge in [0.25, 0.3) is 0 Å². The molecule has 1 amide bonds. The fraction of sp³-hybridized carbons (Fsp3) is 0.238. The van der Waals surface area contributed by atoms with Crippen LogP contribution in [0, 0.1) is 23.5 Å². The third-order valence-corrected chi connectivity index (χ3v) is 4.71. The Morgan fingerprint density at radius 1 is 1.39 bits per heavy atom. The number of aromatic amines is 1. The molecule has 0 radical (unpaired) electrons. The molecular formula is C21H18F2N6O2. The van der Waals surface area contributed by atoms with Crippen LogP contribution in [-0.2, 0) is 4.79 Å². The van der Waals surface area contributed by atoms with Crippen molar-refractivity contribution in [3.63, 3.8) is 0 Å². The number of hydrogen-bond donors (Lipinski definition) is 2. The zero-order chi connectivity index (χ0) is 21.8. The van der Waals surface area contributed by atoms with E-state index in [-0.39, 0.29) is 24.3 Å². The molecule has 8 nitrogen and oxygen atoms in total. The largest absolute Gasteiger partial charge is 0.481 e. The van der Waals surface area contributed by atoms with Crippen molar-refractivity contribution in [3.8, 4) is 17.6 Å². The van der Waals surface area contributed by atoms with Gasteiger partial charge in [0.05, 0.1) is 0 Å². The normalized spacial score (nSPS) is 15.4. The second kappa shape index (κ2) is 8.79. The second-order valence-corrected chi connectivity index (χ2v) is 6.79. The van der Waals surface area contributed by atoms with E-state index in [1.807, 2.05) is 0 Å². The molecule has 2 aromatic heterocycles. The van der Waals surface area contributed by atoms with Gasteiger partial charge in [0.15, 0.2) is 28.9 Å². The van der Waals surface area contributed by atoms with Crippen molar-refractivity contribution in [2.45, 2.75) is 12.5 Å². The first kappa shape index (κ1) is 20.3. The molecule has 0 aliphatic carbocycles. The topological polar surface area (TPSA) is 96.0 Å². The smallest absolute Gasteiger partial charge is 0.246 e. The molecule has 4 rings (SSSR count). The second-order valence-electron chi connectivity index (χ2n) is 6.79. The highest BCUT2D eigenvalue weighted by Gasteiger charge is 2.25. The molecule has 1 unspecified atom stereocenters. The minimum absolute atomic E-state index is 0.0336. The molecule has 1 aliphatic heterocycles. The van der Waals surface area contributed by atoms with E-state index < -0.39 is 11.6 Å². The molecule has 10 heteroatoms. The molecule has 3 heterocycles. The highest BCUT2D eigenvalue weighted by molar-refractivity contribution is 5.87. The van der Waals surface area contributed by atoms with Crippen LogP contribution in [0.15, 0.2) is 37.2 Å². The molecule has 3 aromatic rings. The minimum atomic E-state index is -0.986. The summed E-state index contributed by atoms with van der Waals surface area (Å²) in [6.07, 6.45) is 3.49. The maximum Gasteiger partial charge on any atom is 0.246 e. The predicted molar refractivity (Wildman–Crippen MR) is 109 cm³/mol. The SMILES string of the molecule is C=CC(=O)N1CCC(Nc2ncnc3nc(C#CCOc4ccc(F)c(F)c4)[nH]c23)C1. The molecule has 2 N–H and O–H groups in total. The number of halogens is 2. The van der Waals surface area contributed by atoms with Gasteiger partial charge in [-0.05, 0) is 30.6 Å². The first-order chi connectivity index (χ1) is 15.0. The zero-order valence-corrected chi connectivity index (χ0v) is 16.4. The number of nitrogens with one attached hydrogen (secondary N) is 2.